The summed E-state index contributed by atoms with van der Waals surface area (Å²) in [7, 11) is 2.47. The fraction of sp³-hybridized carbons (Fsp3) is 0.400. The van der Waals surface area contributed by atoms with Gasteiger partial charge in [0, 0.05) is 13.1 Å². The molecule has 5 amide bonds. The van der Waals surface area contributed by atoms with Crippen molar-refractivity contribution >= 4 is 46.7 Å². The maximum Gasteiger partial charge on any atom is 0.407 e. The Kier molecular flexibility index (Phi) is 10.2. The number of hydrogen-bond acceptors (Lipinski definition) is 10. The van der Waals surface area contributed by atoms with Crippen LogP contribution in [0.25, 0.3) is 33.4 Å². The Bertz CT molecular complexity index is 1940. The number of aromatic amines is 1. The first-order chi connectivity index (χ1) is 24.6. The molecule has 2 aromatic carbocycles. The van der Waals surface area contributed by atoms with Crippen LogP contribution in [0.2, 0.25) is 0 Å². The Labute approximate surface area is 293 Å². The average molecular weight is 701 g/mol. The van der Waals surface area contributed by atoms with Crippen LogP contribution in [-0.4, -0.2) is 100 Å². The van der Waals surface area contributed by atoms with Gasteiger partial charge in [0.25, 0.3) is 0 Å². The van der Waals surface area contributed by atoms with E-state index in [1.165, 1.54) is 19.1 Å². The van der Waals surface area contributed by atoms with Crippen LogP contribution in [0.15, 0.2) is 53.2 Å². The molecule has 2 aliphatic heterocycles. The molecular formula is C35H40N8O8. The first-order valence-electron chi connectivity index (χ1n) is 16.7. The minimum absolute atomic E-state index is 0.197. The summed E-state index contributed by atoms with van der Waals surface area (Å²) in [5, 5.41) is 12.5. The molecule has 6 rings (SSSR count). The van der Waals surface area contributed by atoms with Gasteiger partial charge in [0.15, 0.2) is 11.4 Å². The van der Waals surface area contributed by atoms with Gasteiger partial charge < -0.3 is 44.7 Å². The van der Waals surface area contributed by atoms with Crippen LogP contribution >= 0.6 is 0 Å². The number of amides is 5. The second-order valence-electron chi connectivity index (χ2n) is 12.6. The molecule has 0 bridgehead atoms. The molecule has 2 aromatic heterocycles. The maximum absolute atomic E-state index is 13.3. The number of H-pyrrole nitrogens is 1. The largest absolute Gasteiger partial charge is 0.453 e. The van der Waals surface area contributed by atoms with Crippen LogP contribution in [0.1, 0.15) is 51.4 Å². The minimum Gasteiger partial charge on any atom is -0.453 e. The Morgan fingerprint density at radius 1 is 0.843 bits per heavy atom. The van der Waals surface area contributed by atoms with Gasteiger partial charge in [-0.25, -0.2) is 14.6 Å². The van der Waals surface area contributed by atoms with E-state index in [1.807, 2.05) is 42.5 Å². The molecule has 0 aliphatic carbocycles. The highest BCUT2D eigenvalue weighted by Crippen LogP contribution is 2.34. The molecule has 0 saturated carbocycles. The molecule has 2 fully saturated rings. The Balaban J connectivity index is 1.10. The van der Waals surface area contributed by atoms with Gasteiger partial charge in [0.05, 0.1) is 37.5 Å². The maximum atomic E-state index is 13.3. The van der Waals surface area contributed by atoms with E-state index in [1.54, 1.807) is 24.9 Å². The number of imidazole rings is 1. The lowest BCUT2D eigenvalue weighted by atomic mass is 10.0. The van der Waals surface area contributed by atoms with Gasteiger partial charge in [-0.2, -0.15) is 0 Å². The van der Waals surface area contributed by atoms with Crippen molar-refractivity contribution in [2.75, 3.05) is 32.6 Å². The number of alkyl carbamates (subject to hydrolysis) is 2. The van der Waals surface area contributed by atoms with Gasteiger partial charge in [-0.3, -0.25) is 14.4 Å². The molecule has 4 atom stereocenters. The SMILES string of the molecule is COC(=O)NC(C)C(=O)N1CCCC1C(=O)Nc1noc2cc(-c3ccc(-c4cnc(C5CCCN5C(=O)C(C)NC(=O)OC)[nH]4)cc3)ccc12. The fourth-order valence-electron chi connectivity index (χ4n) is 6.61. The molecule has 0 radical (unpaired) electrons. The Hall–Kier alpha value is -5.93. The molecule has 16 heteroatoms. The number of carbonyl (C=O) groups is 5. The first-order valence-corrected chi connectivity index (χ1v) is 16.7. The number of fused-ring (bicyclic) bond motifs is 1. The molecule has 4 N–H and O–H groups in total. The molecule has 51 heavy (non-hydrogen) atoms. The number of methoxy groups -OCH3 is 2. The van der Waals surface area contributed by atoms with Crippen molar-refractivity contribution < 1.29 is 38.0 Å². The molecule has 268 valence electrons. The number of hydrogen-bond donors (Lipinski definition) is 4. The standard InChI is InChI=1S/C35H40N8O8/c1-19(37-34(47)49-3)32(45)42-15-5-7-26(42)30-36-18-25(39-30)22-11-9-21(10-12-22)23-13-14-24-28(17-23)51-41-29(24)40-31(44)27-8-6-16-43(27)33(46)20(2)38-35(48)50-4/h9-14,17-20,26-27H,5-8,15-16H2,1-4H3,(H,36,39)(H,37,47)(H,38,48)(H,40,41,44). The number of carbonyl (C=O) groups excluding carboxylic acids is 5. The van der Waals surface area contributed by atoms with Gasteiger partial charge >= 0.3 is 12.2 Å². The molecule has 4 heterocycles. The van der Waals surface area contributed by atoms with E-state index >= 15 is 0 Å². The summed E-state index contributed by atoms with van der Waals surface area (Å²) in [5.74, 6) is -0.0257. The van der Waals surface area contributed by atoms with Crippen LogP contribution in [0.5, 0.6) is 0 Å². The van der Waals surface area contributed by atoms with E-state index in [0.29, 0.717) is 42.7 Å². The number of likely N-dealkylation sites (tertiary alicyclic amines) is 2. The number of rotatable bonds is 9. The summed E-state index contributed by atoms with van der Waals surface area (Å²) < 4.78 is 14.8. The number of benzene rings is 2. The summed E-state index contributed by atoms with van der Waals surface area (Å²) >= 11 is 0. The highest BCUT2D eigenvalue weighted by atomic mass is 16.5. The summed E-state index contributed by atoms with van der Waals surface area (Å²) in [6.45, 7) is 4.14. The third-order valence-electron chi connectivity index (χ3n) is 9.31. The van der Waals surface area contributed by atoms with Crippen molar-refractivity contribution in [3.05, 3.63) is 54.5 Å². The van der Waals surface area contributed by atoms with Crippen LogP contribution in [0.4, 0.5) is 15.4 Å². The normalized spacial score (nSPS) is 18.3. The first kappa shape index (κ1) is 34.9. The lowest BCUT2D eigenvalue weighted by Gasteiger charge is -2.26. The van der Waals surface area contributed by atoms with Crippen LogP contribution in [-0.2, 0) is 23.9 Å². The number of anilines is 1. The zero-order valence-corrected chi connectivity index (χ0v) is 28.7. The lowest BCUT2D eigenvalue weighted by Crippen LogP contribution is -2.51. The molecule has 0 spiro atoms. The predicted octanol–water partition coefficient (Wildman–Crippen LogP) is 3.97. The van der Waals surface area contributed by atoms with Crippen molar-refractivity contribution in [3.8, 4) is 22.4 Å². The summed E-state index contributed by atoms with van der Waals surface area (Å²) in [5.41, 5.74) is 4.00. The second kappa shape index (κ2) is 14.9. The quantitative estimate of drug-likeness (QED) is 0.198. The lowest BCUT2D eigenvalue weighted by molar-refractivity contribution is -0.138. The van der Waals surface area contributed by atoms with E-state index in [-0.39, 0.29) is 29.6 Å². The molecule has 4 aromatic rings. The topological polar surface area (TPSA) is 201 Å². The third-order valence-corrected chi connectivity index (χ3v) is 9.31. The monoisotopic (exact) mass is 700 g/mol. The molecule has 2 saturated heterocycles. The third kappa shape index (κ3) is 7.34. The van der Waals surface area contributed by atoms with Crippen molar-refractivity contribution in [1.29, 1.82) is 0 Å². The van der Waals surface area contributed by atoms with Crippen LogP contribution in [0, 0.1) is 0 Å². The van der Waals surface area contributed by atoms with Gasteiger partial charge in [-0.15, -0.1) is 0 Å². The number of nitrogens with one attached hydrogen (secondary N) is 4. The van der Waals surface area contributed by atoms with Gasteiger partial charge in [-0.05, 0) is 68.4 Å². The van der Waals surface area contributed by atoms with E-state index in [9.17, 15) is 24.0 Å². The van der Waals surface area contributed by atoms with Crippen LogP contribution in [0.3, 0.4) is 0 Å². The second-order valence-corrected chi connectivity index (χ2v) is 12.6. The van der Waals surface area contributed by atoms with E-state index < -0.39 is 30.3 Å². The summed E-state index contributed by atoms with van der Waals surface area (Å²) in [6.07, 6.45) is 3.08. The zero-order chi connectivity index (χ0) is 36.2. The fourth-order valence-corrected chi connectivity index (χ4v) is 6.61. The average Bonchev–Trinajstić information content (AvgIpc) is 3.97. The number of nitrogens with zero attached hydrogens (tertiary/aromatic N) is 4. The molecule has 4 unspecified atom stereocenters. The van der Waals surface area contributed by atoms with E-state index in [4.69, 9.17) is 4.52 Å². The Morgan fingerprint density at radius 2 is 1.45 bits per heavy atom. The number of aromatic nitrogens is 3. The summed E-state index contributed by atoms with van der Waals surface area (Å²) in [4.78, 5) is 73.6. The van der Waals surface area contributed by atoms with Gasteiger partial charge in [0.1, 0.15) is 23.9 Å². The highest BCUT2D eigenvalue weighted by Gasteiger charge is 2.37. The molecular weight excluding hydrogens is 660 g/mol. The minimum atomic E-state index is -0.851. The van der Waals surface area contributed by atoms with Crippen molar-refractivity contribution in [2.24, 2.45) is 0 Å². The smallest absolute Gasteiger partial charge is 0.407 e. The van der Waals surface area contributed by atoms with Crippen molar-refractivity contribution in [2.45, 2.75) is 63.7 Å². The van der Waals surface area contributed by atoms with Gasteiger partial charge in [0.2, 0.25) is 17.7 Å². The summed E-state index contributed by atoms with van der Waals surface area (Å²) in [6, 6.07) is 10.9. The van der Waals surface area contributed by atoms with E-state index in [2.05, 4.69) is 40.5 Å². The predicted molar refractivity (Wildman–Crippen MR) is 184 cm³/mol. The van der Waals surface area contributed by atoms with Crippen LogP contribution < -0.4 is 16.0 Å². The highest BCUT2D eigenvalue weighted by molar-refractivity contribution is 6.03. The zero-order valence-electron chi connectivity index (χ0n) is 28.7. The Morgan fingerprint density at radius 3 is 2.14 bits per heavy atom. The van der Waals surface area contributed by atoms with Gasteiger partial charge in [-0.1, -0.05) is 35.5 Å². The van der Waals surface area contributed by atoms with E-state index in [0.717, 1.165) is 35.2 Å². The molecule has 16 nitrogen and oxygen atoms in total. The number of ether oxygens (including phenoxy) is 2. The van der Waals surface area contributed by atoms with Crippen molar-refractivity contribution in [3.63, 3.8) is 0 Å². The van der Waals surface area contributed by atoms with Crippen molar-refractivity contribution in [1.82, 2.24) is 35.6 Å². The molecule has 2 aliphatic rings.